The predicted octanol–water partition coefficient (Wildman–Crippen LogP) is 3.73. The smallest absolute Gasteiger partial charge is 0.141 e. The van der Waals surface area contributed by atoms with Crippen LogP contribution >= 0.6 is 0 Å². The summed E-state index contributed by atoms with van der Waals surface area (Å²) < 4.78 is 11.3. The predicted molar refractivity (Wildman–Crippen MR) is 99.6 cm³/mol. The summed E-state index contributed by atoms with van der Waals surface area (Å²) in [6, 6.07) is 3.87. The lowest BCUT2D eigenvalue weighted by Gasteiger charge is -2.34. The third-order valence-corrected chi connectivity index (χ3v) is 4.59. The van der Waals surface area contributed by atoms with Gasteiger partial charge in [0, 0.05) is 32.0 Å². The summed E-state index contributed by atoms with van der Waals surface area (Å²) in [4.78, 5) is 4.56. The molecular weight excluding hydrogens is 314 g/mol. The SMILES string of the molecule is COC1CC(Oc2ccc(C#CC(C)(C)CC(C)(C)CO)nc2C)C1. The minimum Gasteiger partial charge on any atom is -0.488 e. The van der Waals surface area contributed by atoms with Gasteiger partial charge in [-0.25, -0.2) is 4.98 Å². The maximum atomic E-state index is 9.46. The zero-order valence-electron chi connectivity index (χ0n) is 16.3. The molecule has 0 aliphatic heterocycles. The van der Waals surface area contributed by atoms with E-state index in [-0.39, 0.29) is 23.5 Å². The molecule has 0 unspecified atom stereocenters. The van der Waals surface area contributed by atoms with Crippen LogP contribution < -0.4 is 4.74 Å². The first-order valence-corrected chi connectivity index (χ1v) is 8.95. The number of aliphatic hydroxyl groups excluding tert-OH is 1. The highest BCUT2D eigenvalue weighted by atomic mass is 16.5. The Morgan fingerprint density at radius 3 is 2.44 bits per heavy atom. The number of hydrogen-bond acceptors (Lipinski definition) is 4. The molecule has 1 aromatic heterocycles. The quantitative estimate of drug-likeness (QED) is 0.798. The number of hydrogen-bond donors (Lipinski definition) is 1. The van der Waals surface area contributed by atoms with Gasteiger partial charge < -0.3 is 14.6 Å². The van der Waals surface area contributed by atoms with Crippen LogP contribution in [-0.2, 0) is 4.74 Å². The lowest BCUT2D eigenvalue weighted by molar-refractivity contribution is -0.0384. The van der Waals surface area contributed by atoms with Gasteiger partial charge in [0.25, 0.3) is 0 Å². The fraction of sp³-hybridized carbons (Fsp3) is 0.667. The molecule has 0 radical (unpaired) electrons. The molecule has 0 bridgehead atoms. The van der Waals surface area contributed by atoms with Gasteiger partial charge in [-0.05, 0) is 50.7 Å². The maximum Gasteiger partial charge on any atom is 0.141 e. The van der Waals surface area contributed by atoms with Crippen molar-refractivity contribution in [2.24, 2.45) is 10.8 Å². The number of pyridine rings is 1. The highest BCUT2D eigenvalue weighted by molar-refractivity contribution is 5.36. The second kappa shape index (κ2) is 7.76. The molecule has 0 saturated heterocycles. The van der Waals surface area contributed by atoms with Gasteiger partial charge >= 0.3 is 0 Å². The molecule has 1 heterocycles. The summed E-state index contributed by atoms with van der Waals surface area (Å²) in [7, 11) is 1.74. The largest absolute Gasteiger partial charge is 0.488 e. The molecule has 1 fully saturated rings. The highest BCUT2D eigenvalue weighted by Crippen LogP contribution is 2.33. The summed E-state index contributed by atoms with van der Waals surface area (Å²) in [5, 5.41) is 9.46. The molecule has 1 aliphatic rings. The van der Waals surface area contributed by atoms with Crippen LogP contribution in [0.25, 0.3) is 0 Å². The van der Waals surface area contributed by atoms with Gasteiger partial charge in [0.1, 0.15) is 17.5 Å². The van der Waals surface area contributed by atoms with Crippen molar-refractivity contribution in [1.29, 1.82) is 0 Å². The van der Waals surface area contributed by atoms with Gasteiger partial charge in [0.2, 0.25) is 0 Å². The number of methoxy groups -OCH3 is 1. The number of aliphatic hydroxyl groups is 1. The van der Waals surface area contributed by atoms with Gasteiger partial charge in [-0.1, -0.05) is 19.8 Å². The van der Waals surface area contributed by atoms with Gasteiger partial charge in [-0.2, -0.15) is 0 Å². The van der Waals surface area contributed by atoms with Crippen LogP contribution in [0.4, 0.5) is 0 Å². The normalized spacial score (nSPS) is 20.4. The van der Waals surface area contributed by atoms with Gasteiger partial charge in [0.15, 0.2) is 0 Å². The summed E-state index contributed by atoms with van der Waals surface area (Å²) in [5.74, 6) is 7.31. The van der Waals surface area contributed by atoms with E-state index in [1.54, 1.807) is 7.11 Å². The number of aromatic nitrogens is 1. The first-order chi connectivity index (χ1) is 11.6. The molecule has 2 rings (SSSR count). The summed E-state index contributed by atoms with van der Waals surface area (Å²) in [6.07, 6.45) is 3.25. The van der Waals surface area contributed by atoms with Crippen molar-refractivity contribution in [3.05, 3.63) is 23.5 Å². The van der Waals surface area contributed by atoms with Gasteiger partial charge in [-0.3, -0.25) is 0 Å². The molecule has 1 aromatic rings. The van der Waals surface area contributed by atoms with Crippen LogP contribution in [0.15, 0.2) is 12.1 Å². The van der Waals surface area contributed by atoms with E-state index in [1.807, 2.05) is 19.1 Å². The molecule has 138 valence electrons. The number of rotatable bonds is 6. The van der Waals surface area contributed by atoms with E-state index < -0.39 is 0 Å². The Morgan fingerprint density at radius 2 is 1.88 bits per heavy atom. The highest BCUT2D eigenvalue weighted by Gasteiger charge is 2.31. The molecular formula is C21H31NO3. The summed E-state index contributed by atoms with van der Waals surface area (Å²) in [5.41, 5.74) is 1.30. The average Bonchev–Trinajstić information content (AvgIpc) is 2.49. The van der Waals surface area contributed by atoms with Crippen molar-refractivity contribution in [2.75, 3.05) is 13.7 Å². The Morgan fingerprint density at radius 1 is 1.20 bits per heavy atom. The molecule has 1 aliphatic carbocycles. The second-order valence-electron chi connectivity index (χ2n) is 8.48. The van der Waals surface area contributed by atoms with Crippen molar-refractivity contribution in [3.8, 4) is 17.6 Å². The van der Waals surface area contributed by atoms with Crippen LogP contribution in [0.1, 0.15) is 58.3 Å². The maximum absolute atomic E-state index is 9.46. The lowest BCUT2D eigenvalue weighted by Crippen LogP contribution is -2.39. The van der Waals surface area contributed by atoms with Gasteiger partial charge in [0.05, 0.1) is 11.8 Å². The van der Waals surface area contributed by atoms with Crippen LogP contribution in [0.5, 0.6) is 5.75 Å². The number of ether oxygens (including phenoxy) is 2. The van der Waals surface area contributed by atoms with E-state index in [1.165, 1.54) is 0 Å². The lowest BCUT2D eigenvalue weighted by atomic mass is 9.76. The van der Waals surface area contributed by atoms with E-state index in [9.17, 15) is 5.11 Å². The van der Waals surface area contributed by atoms with Crippen molar-refractivity contribution < 1.29 is 14.6 Å². The van der Waals surface area contributed by atoms with Crippen molar-refractivity contribution in [2.45, 2.75) is 66.1 Å². The van der Waals surface area contributed by atoms with Crippen LogP contribution in [0, 0.1) is 29.6 Å². The molecule has 25 heavy (non-hydrogen) atoms. The van der Waals surface area contributed by atoms with Crippen molar-refractivity contribution in [1.82, 2.24) is 4.98 Å². The monoisotopic (exact) mass is 345 g/mol. The molecule has 0 aromatic carbocycles. The number of nitrogens with zero attached hydrogens (tertiary/aromatic N) is 1. The third-order valence-electron chi connectivity index (χ3n) is 4.59. The standard InChI is InChI=1S/C21H31NO3/c1-15-19(25-18-11-17(12-18)24-6)8-7-16(22-15)9-10-20(2,3)13-21(4,5)14-23/h7-8,17-18,23H,11-14H2,1-6H3. The average molecular weight is 345 g/mol. The minimum atomic E-state index is -0.182. The first-order valence-electron chi connectivity index (χ1n) is 8.95. The van der Waals surface area contributed by atoms with E-state index in [0.29, 0.717) is 6.10 Å². The van der Waals surface area contributed by atoms with Crippen LogP contribution in [0.3, 0.4) is 0 Å². The molecule has 1 N–H and O–H groups in total. The van der Waals surface area contributed by atoms with Crippen molar-refractivity contribution >= 4 is 0 Å². The third kappa shape index (κ3) is 5.73. The minimum absolute atomic E-state index is 0.137. The number of aryl methyl sites for hydroxylation is 1. The van der Waals surface area contributed by atoms with Gasteiger partial charge in [-0.15, -0.1) is 0 Å². The van der Waals surface area contributed by atoms with Crippen molar-refractivity contribution in [3.63, 3.8) is 0 Å². The summed E-state index contributed by atoms with van der Waals surface area (Å²) >= 11 is 0. The topological polar surface area (TPSA) is 51.6 Å². The van der Waals surface area contributed by atoms with E-state index in [4.69, 9.17) is 9.47 Å². The fourth-order valence-electron chi connectivity index (χ4n) is 3.26. The molecule has 4 nitrogen and oxygen atoms in total. The van der Waals surface area contributed by atoms with Crippen LogP contribution in [-0.4, -0.2) is 36.0 Å². The van der Waals surface area contributed by atoms with Crippen LogP contribution in [0.2, 0.25) is 0 Å². The zero-order valence-corrected chi connectivity index (χ0v) is 16.3. The molecule has 0 spiro atoms. The zero-order chi connectivity index (χ0) is 18.7. The molecule has 4 heteroatoms. The Balaban J connectivity index is 2.01. The molecule has 0 amide bonds. The van der Waals surface area contributed by atoms with E-state index >= 15 is 0 Å². The summed E-state index contributed by atoms with van der Waals surface area (Å²) in [6.45, 7) is 10.4. The first kappa shape index (κ1) is 19.8. The molecule has 0 atom stereocenters. The Labute approximate surface area is 152 Å². The Hall–Kier alpha value is -1.57. The second-order valence-corrected chi connectivity index (χ2v) is 8.48. The van der Waals surface area contributed by atoms with E-state index in [2.05, 4.69) is 44.5 Å². The van der Waals surface area contributed by atoms with E-state index in [0.717, 1.165) is 36.4 Å². The molecule has 1 saturated carbocycles. The Kier molecular flexibility index (Phi) is 6.13. The Bertz CT molecular complexity index is 649. The fourth-order valence-corrected chi connectivity index (χ4v) is 3.26.